The van der Waals surface area contributed by atoms with Crippen molar-refractivity contribution in [3.8, 4) is 0 Å². The molecule has 1 spiro atoms. The van der Waals surface area contributed by atoms with Gasteiger partial charge in [0.2, 0.25) is 11.8 Å². The molecule has 9 heteroatoms. The van der Waals surface area contributed by atoms with Crippen LogP contribution in [0.3, 0.4) is 0 Å². The molecule has 6 atom stereocenters. The molecule has 34 heavy (non-hydrogen) atoms. The summed E-state index contributed by atoms with van der Waals surface area (Å²) in [6.45, 7) is 14.4. The first-order valence-corrected chi connectivity index (χ1v) is 13.8. The number of aliphatic hydroxyl groups is 1. The van der Waals surface area contributed by atoms with Crippen LogP contribution in [0.25, 0.3) is 0 Å². The second-order valence-electron chi connectivity index (χ2n) is 10.3. The number of nitrogens with zero attached hydrogens (tertiary/aromatic N) is 2. The smallest absolute Gasteiger partial charge is 0.310 e. The van der Waals surface area contributed by atoms with Gasteiger partial charge in [-0.1, -0.05) is 28.1 Å². The molecule has 2 bridgehead atoms. The third kappa shape index (κ3) is 4.72. The van der Waals surface area contributed by atoms with E-state index in [1.165, 1.54) is 0 Å². The van der Waals surface area contributed by atoms with Crippen molar-refractivity contribution in [2.45, 2.75) is 72.9 Å². The van der Waals surface area contributed by atoms with Crippen molar-refractivity contribution >= 4 is 45.5 Å². The standard InChI is InChI=1S/C25H37BrN2O5S/c1-6-8-14-33-23(32)17-18-21(30)27(12-9-10-13-29)20(25(18)15-16(26)19(17)34-25)22(31)28(11-7-2)24(3,4)5/h6-7,16-20,29H,1-2,8-15H2,3-5H3/t16?,17-,18+,19-,20?,25?/m1/s1. The number of hydrogen-bond donors (Lipinski definition) is 1. The number of carbonyl (C=O) groups excluding carboxylic acids is 3. The van der Waals surface area contributed by atoms with Gasteiger partial charge in [0.25, 0.3) is 0 Å². The zero-order valence-corrected chi connectivity index (χ0v) is 22.8. The zero-order valence-electron chi connectivity index (χ0n) is 20.4. The molecule has 190 valence electrons. The summed E-state index contributed by atoms with van der Waals surface area (Å²) in [4.78, 5) is 44.7. The Labute approximate surface area is 215 Å². The van der Waals surface area contributed by atoms with Crippen LogP contribution in [0.15, 0.2) is 25.3 Å². The molecule has 3 rings (SSSR count). The number of ether oxygens (including phenoxy) is 1. The summed E-state index contributed by atoms with van der Waals surface area (Å²) < 4.78 is 4.84. The van der Waals surface area contributed by atoms with Crippen molar-refractivity contribution in [3.05, 3.63) is 25.3 Å². The van der Waals surface area contributed by atoms with Crippen molar-refractivity contribution < 1.29 is 24.2 Å². The highest BCUT2D eigenvalue weighted by atomic mass is 79.9. The van der Waals surface area contributed by atoms with Crippen molar-refractivity contribution in [2.75, 3.05) is 26.3 Å². The first-order valence-electron chi connectivity index (χ1n) is 12.0. The van der Waals surface area contributed by atoms with Gasteiger partial charge in [-0.2, -0.15) is 0 Å². The fourth-order valence-electron chi connectivity index (χ4n) is 5.62. The summed E-state index contributed by atoms with van der Waals surface area (Å²) in [6, 6.07) is -0.677. The van der Waals surface area contributed by atoms with Crippen LogP contribution in [-0.2, 0) is 19.1 Å². The Morgan fingerprint density at radius 3 is 2.62 bits per heavy atom. The molecule has 0 saturated carbocycles. The SMILES string of the molecule is C=CCCOC(=O)[C@H]1[C@@H]2SC3(CC2Br)C(C(=O)N(CC=C)C(C)(C)C)N(CCCCO)C(=O)[C@H]13. The number of amides is 2. The van der Waals surface area contributed by atoms with Crippen LogP contribution in [0.2, 0.25) is 0 Å². The average Bonchev–Trinajstić information content (AvgIpc) is 3.35. The summed E-state index contributed by atoms with van der Waals surface area (Å²) >= 11 is 5.37. The van der Waals surface area contributed by atoms with E-state index >= 15 is 0 Å². The third-order valence-electron chi connectivity index (χ3n) is 7.06. The normalized spacial score (nSPS) is 32.0. The van der Waals surface area contributed by atoms with E-state index in [0.717, 1.165) is 0 Å². The lowest BCUT2D eigenvalue weighted by Gasteiger charge is -2.42. The number of likely N-dealkylation sites (tertiary alicyclic amines) is 1. The summed E-state index contributed by atoms with van der Waals surface area (Å²) in [6.07, 6.45) is 5.71. The summed E-state index contributed by atoms with van der Waals surface area (Å²) in [7, 11) is 0. The number of aliphatic hydroxyl groups excluding tert-OH is 1. The predicted octanol–water partition coefficient (Wildman–Crippen LogP) is 3.16. The number of hydrogen-bond acceptors (Lipinski definition) is 6. The quantitative estimate of drug-likeness (QED) is 0.182. The van der Waals surface area contributed by atoms with E-state index in [2.05, 4.69) is 29.1 Å². The topological polar surface area (TPSA) is 87.2 Å². The van der Waals surface area contributed by atoms with E-state index in [4.69, 9.17) is 4.74 Å². The summed E-state index contributed by atoms with van der Waals surface area (Å²) in [5, 5.41) is 9.17. The Bertz CT molecular complexity index is 831. The van der Waals surface area contributed by atoms with E-state index in [0.29, 0.717) is 38.8 Å². The van der Waals surface area contributed by atoms with Crippen molar-refractivity contribution in [1.82, 2.24) is 9.80 Å². The Hall–Kier alpha value is -1.32. The maximum atomic E-state index is 14.2. The van der Waals surface area contributed by atoms with Crippen molar-refractivity contribution in [3.63, 3.8) is 0 Å². The Morgan fingerprint density at radius 2 is 2.03 bits per heavy atom. The Balaban J connectivity index is 2.02. The number of unbranched alkanes of at least 4 members (excludes halogenated alkanes) is 1. The second-order valence-corrected chi connectivity index (χ2v) is 13.0. The minimum Gasteiger partial charge on any atom is -0.465 e. The molecule has 0 aliphatic carbocycles. The Kier molecular flexibility index (Phi) is 8.62. The van der Waals surface area contributed by atoms with Gasteiger partial charge in [-0.25, -0.2) is 0 Å². The number of thioether (sulfide) groups is 1. The molecule has 0 aromatic heterocycles. The molecule has 0 aromatic carbocycles. The fraction of sp³-hybridized carbons (Fsp3) is 0.720. The summed E-state index contributed by atoms with van der Waals surface area (Å²) in [5.41, 5.74) is -0.460. The molecular weight excluding hydrogens is 520 g/mol. The van der Waals surface area contributed by atoms with Crippen LogP contribution in [0.4, 0.5) is 0 Å². The van der Waals surface area contributed by atoms with Gasteiger partial charge < -0.3 is 19.6 Å². The van der Waals surface area contributed by atoms with Gasteiger partial charge in [0.1, 0.15) is 6.04 Å². The molecule has 3 heterocycles. The van der Waals surface area contributed by atoms with E-state index in [-0.39, 0.29) is 41.1 Å². The van der Waals surface area contributed by atoms with Crippen LogP contribution in [0, 0.1) is 11.8 Å². The van der Waals surface area contributed by atoms with Gasteiger partial charge in [-0.15, -0.1) is 24.9 Å². The lowest BCUT2D eigenvalue weighted by Crippen LogP contribution is -2.59. The van der Waals surface area contributed by atoms with E-state index < -0.39 is 28.2 Å². The molecule has 3 aliphatic heterocycles. The predicted molar refractivity (Wildman–Crippen MR) is 138 cm³/mol. The highest BCUT2D eigenvalue weighted by Gasteiger charge is 2.76. The molecule has 3 fully saturated rings. The van der Waals surface area contributed by atoms with Gasteiger partial charge in [-0.05, 0) is 46.5 Å². The van der Waals surface area contributed by atoms with Gasteiger partial charge in [0.15, 0.2) is 0 Å². The summed E-state index contributed by atoms with van der Waals surface area (Å²) in [5.74, 6) is -1.82. The van der Waals surface area contributed by atoms with E-state index in [1.807, 2.05) is 20.8 Å². The highest BCUT2D eigenvalue weighted by Crippen LogP contribution is 2.68. The molecular formula is C25H37BrN2O5S. The van der Waals surface area contributed by atoms with Gasteiger partial charge in [-0.3, -0.25) is 14.4 Å². The molecule has 2 amide bonds. The van der Waals surface area contributed by atoms with E-state index in [1.54, 1.807) is 33.7 Å². The van der Waals surface area contributed by atoms with Gasteiger partial charge in [0, 0.05) is 35.3 Å². The lowest BCUT2D eigenvalue weighted by molar-refractivity contribution is -0.154. The number of alkyl halides is 1. The monoisotopic (exact) mass is 556 g/mol. The zero-order chi connectivity index (χ0) is 25.3. The Morgan fingerprint density at radius 1 is 1.32 bits per heavy atom. The van der Waals surface area contributed by atoms with Gasteiger partial charge >= 0.3 is 5.97 Å². The maximum Gasteiger partial charge on any atom is 0.310 e. The molecule has 0 aromatic rings. The number of halogens is 1. The fourth-order valence-corrected chi connectivity index (χ4v) is 9.22. The second kappa shape index (κ2) is 10.7. The minimum absolute atomic E-state index is 0.00804. The minimum atomic E-state index is -0.695. The number of carbonyl (C=O) groups is 3. The average molecular weight is 558 g/mol. The number of esters is 1. The van der Waals surface area contributed by atoms with Crippen LogP contribution in [-0.4, -0.2) is 85.4 Å². The lowest BCUT2D eigenvalue weighted by atomic mass is 9.71. The van der Waals surface area contributed by atoms with Gasteiger partial charge in [0.05, 0.1) is 23.2 Å². The van der Waals surface area contributed by atoms with Crippen molar-refractivity contribution in [2.24, 2.45) is 11.8 Å². The molecule has 3 aliphatic rings. The molecule has 7 nitrogen and oxygen atoms in total. The first-order chi connectivity index (χ1) is 16.0. The largest absolute Gasteiger partial charge is 0.465 e. The van der Waals surface area contributed by atoms with Crippen LogP contribution in [0.5, 0.6) is 0 Å². The first kappa shape index (κ1) is 27.3. The highest BCUT2D eigenvalue weighted by molar-refractivity contribution is 9.09. The number of rotatable bonds is 11. The number of fused-ring (bicyclic) bond motifs is 1. The molecule has 3 unspecified atom stereocenters. The van der Waals surface area contributed by atoms with Crippen LogP contribution in [0.1, 0.15) is 46.5 Å². The van der Waals surface area contributed by atoms with Crippen LogP contribution >= 0.6 is 27.7 Å². The molecule has 3 saturated heterocycles. The third-order valence-corrected chi connectivity index (χ3v) is 10.3. The van der Waals surface area contributed by atoms with E-state index in [9.17, 15) is 19.5 Å². The molecule has 1 N–H and O–H groups in total. The van der Waals surface area contributed by atoms with Crippen molar-refractivity contribution in [1.29, 1.82) is 0 Å². The molecule has 0 radical (unpaired) electrons. The van der Waals surface area contributed by atoms with Crippen LogP contribution < -0.4 is 0 Å². The maximum absolute atomic E-state index is 14.2.